The number of likely N-dealkylation sites (tertiary alicyclic amines) is 1. The fraction of sp³-hybridized carbons (Fsp3) is 0.261. The Morgan fingerprint density at radius 1 is 1.16 bits per heavy atom. The molecule has 9 nitrogen and oxygen atoms in total. The van der Waals surface area contributed by atoms with Crippen LogP contribution in [-0.4, -0.2) is 61.9 Å². The third kappa shape index (κ3) is 4.02. The van der Waals surface area contributed by atoms with Crippen LogP contribution in [0.2, 0.25) is 0 Å². The maximum Gasteiger partial charge on any atom is 0.253 e. The average molecular weight is 429 g/mol. The summed E-state index contributed by atoms with van der Waals surface area (Å²) in [5.74, 6) is 0.689. The molecule has 1 aliphatic rings. The Morgan fingerprint density at radius 3 is 2.78 bits per heavy atom. The summed E-state index contributed by atoms with van der Waals surface area (Å²) in [7, 11) is 2.10. The first-order valence-electron chi connectivity index (χ1n) is 10.6. The first-order chi connectivity index (χ1) is 15.6. The van der Waals surface area contributed by atoms with Crippen molar-refractivity contribution < 1.29 is 4.79 Å². The average Bonchev–Trinajstić information content (AvgIpc) is 3.25. The van der Waals surface area contributed by atoms with Crippen LogP contribution in [0.3, 0.4) is 0 Å². The van der Waals surface area contributed by atoms with Gasteiger partial charge in [-0.3, -0.25) is 9.78 Å². The molecular weight excluding hydrogens is 404 g/mol. The fourth-order valence-electron chi connectivity index (χ4n) is 3.90. The van der Waals surface area contributed by atoms with Gasteiger partial charge in [0.1, 0.15) is 5.69 Å². The highest BCUT2D eigenvalue weighted by molar-refractivity contribution is 5.95. The molecule has 32 heavy (non-hydrogen) atoms. The molecule has 0 spiro atoms. The zero-order valence-electron chi connectivity index (χ0n) is 17.7. The highest BCUT2D eigenvalue weighted by Crippen LogP contribution is 2.26. The van der Waals surface area contributed by atoms with E-state index in [1.807, 2.05) is 24.3 Å². The van der Waals surface area contributed by atoms with Crippen LogP contribution >= 0.6 is 0 Å². The molecule has 1 saturated heterocycles. The maximum absolute atomic E-state index is 12.8. The molecule has 0 saturated carbocycles. The van der Waals surface area contributed by atoms with Crippen molar-refractivity contribution in [2.75, 3.05) is 25.9 Å². The fourth-order valence-corrected chi connectivity index (χ4v) is 3.90. The second-order valence-electron chi connectivity index (χ2n) is 8.10. The van der Waals surface area contributed by atoms with Gasteiger partial charge in [0.15, 0.2) is 11.6 Å². The molecule has 162 valence electrons. The van der Waals surface area contributed by atoms with Gasteiger partial charge in [0, 0.05) is 24.0 Å². The lowest BCUT2D eigenvalue weighted by molar-refractivity contribution is 0.0916. The standard InChI is InChI=1S/C23H24N8O/c1-31-8-6-16(7-9-31)27-23(32)15-10-14(11-25-12-15)19-13-26-21(24)20(28-19)22-29-17-4-2-3-5-18(17)30-22/h2-5,10-13,16H,6-9H2,1H3,(H2,24,26)(H,27,32)(H,29,30). The van der Waals surface area contributed by atoms with Crippen LogP contribution in [0.1, 0.15) is 23.2 Å². The lowest BCUT2D eigenvalue weighted by Gasteiger charge is -2.29. The molecule has 4 N–H and O–H groups in total. The van der Waals surface area contributed by atoms with E-state index in [1.54, 1.807) is 24.7 Å². The summed E-state index contributed by atoms with van der Waals surface area (Å²) in [4.78, 5) is 36.1. The minimum atomic E-state index is -0.130. The van der Waals surface area contributed by atoms with Gasteiger partial charge in [-0.25, -0.2) is 15.0 Å². The van der Waals surface area contributed by atoms with E-state index in [2.05, 4.69) is 42.2 Å². The van der Waals surface area contributed by atoms with Gasteiger partial charge in [-0.05, 0) is 51.2 Å². The number of carbonyl (C=O) groups is 1. The number of H-pyrrole nitrogens is 1. The molecular formula is C23H24N8O. The number of imidazole rings is 1. The number of piperidine rings is 1. The number of hydrogen-bond donors (Lipinski definition) is 3. The number of nitrogen functional groups attached to an aromatic ring is 1. The molecule has 1 fully saturated rings. The summed E-state index contributed by atoms with van der Waals surface area (Å²) in [5.41, 5.74) is 10.0. The number of rotatable bonds is 4. The SMILES string of the molecule is CN1CCC(NC(=O)c2cncc(-c3cnc(N)c(-c4nc5ccccc5[nH]4)n3)c2)CC1. The summed E-state index contributed by atoms with van der Waals surface area (Å²) in [6, 6.07) is 9.67. The first kappa shape index (κ1) is 20.1. The highest BCUT2D eigenvalue weighted by Gasteiger charge is 2.20. The smallest absolute Gasteiger partial charge is 0.253 e. The van der Waals surface area contributed by atoms with E-state index in [-0.39, 0.29) is 17.8 Å². The summed E-state index contributed by atoms with van der Waals surface area (Å²) in [6.07, 6.45) is 6.70. The number of nitrogens with one attached hydrogen (secondary N) is 2. The zero-order chi connectivity index (χ0) is 22.1. The molecule has 1 aliphatic heterocycles. The molecule has 9 heteroatoms. The van der Waals surface area contributed by atoms with Crippen molar-refractivity contribution in [1.82, 2.24) is 35.1 Å². The van der Waals surface area contributed by atoms with E-state index in [1.165, 1.54) is 0 Å². The largest absolute Gasteiger partial charge is 0.382 e. The van der Waals surface area contributed by atoms with E-state index < -0.39 is 0 Å². The number of fused-ring (bicyclic) bond motifs is 1. The maximum atomic E-state index is 12.8. The van der Waals surface area contributed by atoms with E-state index in [0.717, 1.165) is 37.0 Å². The van der Waals surface area contributed by atoms with Gasteiger partial charge >= 0.3 is 0 Å². The number of hydrogen-bond acceptors (Lipinski definition) is 7. The molecule has 0 aliphatic carbocycles. The number of nitrogens with two attached hydrogens (primary N) is 1. The highest BCUT2D eigenvalue weighted by atomic mass is 16.1. The van der Waals surface area contributed by atoms with E-state index in [4.69, 9.17) is 5.73 Å². The number of aromatic amines is 1. The summed E-state index contributed by atoms with van der Waals surface area (Å²) in [6.45, 7) is 1.96. The van der Waals surface area contributed by atoms with Crippen LogP contribution in [0, 0.1) is 0 Å². The molecule has 0 radical (unpaired) electrons. The van der Waals surface area contributed by atoms with Gasteiger partial charge in [-0.1, -0.05) is 12.1 Å². The first-order valence-corrected chi connectivity index (χ1v) is 10.6. The lowest BCUT2D eigenvalue weighted by atomic mass is 10.0. The lowest BCUT2D eigenvalue weighted by Crippen LogP contribution is -2.43. The Morgan fingerprint density at radius 2 is 1.97 bits per heavy atom. The number of amides is 1. The number of nitrogens with zero attached hydrogens (tertiary/aromatic N) is 5. The van der Waals surface area contributed by atoms with Gasteiger partial charge < -0.3 is 20.9 Å². The molecule has 0 unspecified atom stereocenters. The van der Waals surface area contributed by atoms with Crippen LogP contribution in [0.5, 0.6) is 0 Å². The van der Waals surface area contributed by atoms with Gasteiger partial charge in [0.2, 0.25) is 0 Å². The van der Waals surface area contributed by atoms with Crippen molar-refractivity contribution >= 4 is 22.8 Å². The number of benzene rings is 1. The molecule has 1 aromatic carbocycles. The molecule has 3 aromatic heterocycles. The van der Waals surface area contributed by atoms with Crippen molar-refractivity contribution in [3.05, 3.63) is 54.5 Å². The molecule has 1 amide bonds. The van der Waals surface area contributed by atoms with Crippen molar-refractivity contribution in [3.8, 4) is 22.8 Å². The Labute approximate surface area is 185 Å². The predicted octanol–water partition coefficient (Wildman–Crippen LogP) is 2.49. The second-order valence-corrected chi connectivity index (χ2v) is 8.10. The number of pyridine rings is 1. The Balaban J connectivity index is 1.41. The number of aromatic nitrogens is 5. The Bertz CT molecular complexity index is 1240. The normalized spacial score (nSPS) is 15.2. The number of para-hydroxylation sites is 2. The third-order valence-electron chi connectivity index (χ3n) is 5.76. The quantitative estimate of drug-likeness (QED) is 0.456. The number of carbonyl (C=O) groups excluding carboxylic acids is 1. The van der Waals surface area contributed by atoms with E-state index in [9.17, 15) is 4.79 Å². The van der Waals surface area contributed by atoms with Gasteiger partial charge in [-0.15, -0.1) is 0 Å². The minimum absolute atomic E-state index is 0.130. The van der Waals surface area contributed by atoms with E-state index >= 15 is 0 Å². The molecule has 4 aromatic rings. The third-order valence-corrected chi connectivity index (χ3v) is 5.76. The Hall–Kier alpha value is -3.85. The molecule has 0 bridgehead atoms. The van der Waals surface area contributed by atoms with Crippen LogP contribution in [0.25, 0.3) is 33.8 Å². The van der Waals surface area contributed by atoms with Gasteiger partial charge in [0.05, 0.1) is 28.5 Å². The summed E-state index contributed by atoms with van der Waals surface area (Å²) in [5, 5.41) is 3.12. The van der Waals surface area contributed by atoms with Crippen LogP contribution in [-0.2, 0) is 0 Å². The van der Waals surface area contributed by atoms with Crippen LogP contribution in [0.15, 0.2) is 48.9 Å². The van der Waals surface area contributed by atoms with Crippen LogP contribution < -0.4 is 11.1 Å². The summed E-state index contributed by atoms with van der Waals surface area (Å²) >= 11 is 0. The summed E-state index contributed by atoms with van der Waals surface area (Å²) < 4.78 is 0. The van der Waals surface area contributed by atoms with E-state index in [0.29, 0.717) is 28.3 Å². The van der Waals surface area contributed by atoms with Crippen LogP contribution in [0.4, 0.5) is 5.82 Å². The van der Waals surface area contributed by atoms with Gasteiger partial charge in [-0.2, -0.15) is 0 Å². The topological polar surface area (TPSA) is 126 Å². The molecule has 5 rings (SSSR count). The minimum Gasteiger partial charge on any atom is -0.382 e. The molecule has 4 heterocycles. The van der Waals surface area contributed by atoms with Crippen molar-refractivity contribution in [1.29, 1.82) is 0 Å². The monoisotopic (exact) mass is 428 g/mol. The van der Waals surface area contributed by atoms with Crippen molar-refractivity contribution in [2.45, 2.75) is 18.9 Å². The Kier molecular flexibility index (Phi) is 5.24. The zero-order valence-corrected chi connectivity index (χ0v) is 17.7. The van der Waals surface area contributed by atoms with Crippen molar-refractivity contribution in [3.63, 3.8) is 0 Å². The van der Waals surface area contributed by atoms with Crippen molar-refractivity contribution in [2.24, 2.45) is 0 Å². The predicted molar refractivity (Wildman–Crippen MR) is 123 cm³/mol. The van der Waals surface area contributed by atoms with Gasteiger partial charge in [0.25, 0.3) is 5.91 Å². The second kappa shape index (κ2) is 8.35. The number of anilines is 1. The molecule has 0 atom stereocenters.